The van der Waals surface area contributed by atoms with Gasteiger partial charge in [0.2, 0.25) is 0 Å². The second-order valence-electron chi connectivity index (χ2n) is 6.11. The molecule has 0 radical (unpaired) electrons. The summed E-state index contributed by atoms with van der Waals surface area (Å²) < 4.78 is 11.6. The van der Waals surface area contributed by atoms with E-state index >= 15 is 0 Å². The van der Waals surface area contributed by atoms with Crippen LogP contribution in [-0.4, -0.2) is 30.3 Å². The molecule has 0 aliphatic carbocycles. The molecule has 112 valence electrons. The van der Waals surface area contributed by atoms with E-state index in [2.05, 4.69) is 12.1 Å². The number of nitrogens with two attached hydrogens (primary N) is 1. The summed E-state index contributed by atoms with van der Waals surface area (Å²) in [7, 11) is 1.68. The van der Waals surface area contributed by atoms with Crippen molar-refractivity contribution in [3.05, 3.63) is 23.8 Å². The lowest BCUT2D eigenvalue weighted by Crippen LogP contribution is -2.34. The molecule has 1 saturated heterocycles. The first-order chi connectivity index (χ1) is 9.48. The quantitative estimate of drug-likeness (QED) is 0.905. The largest absolute Gasteiger partial charge is 0.493 e. The number of benzene rings is 1. The van der Waals surface area contributed by atoms with Gasteiger partial charge in [-0.25, -0.2) is 0 Å². The molecule has 1 heterocycles. The lowest BCUT2D eigenvalue weighted by molar-refractivity contribution is 0.202. The van der Waals surface area contributed by atoms with Crippen molar-refractivity contribution in [2.24, 2.45) is 5.73 Å². The zero-order valence-electron chi connectivity index (χ0n) is 12.6. The molecule has 3 nitrogen and oxygen atoms in total. The van der Waals surface area contributed by atoms with Gasteiger partial charge in [0.25, 0.3) is 0 Å². The lowest BCUT2D eigenvalue weighted by Gasteiger charge is -2.25. The molecule has 4 heteroatoms. The van der Waals surface area contributed by atoms with Crippen LogP contribution in [0.4, 0.5) is 0 Å². The molecule has 0 spiro atoms. The Morgan fingerprint density at radius 1 is 1.35 bits per heavy atom. The highest BCUT2D eigenvalue weighted by Crippen LogP contribution is 2.32. The molecule has 1 aliphatic rings. The first-order valence-electron chi connectivity index (χ1n) is 7.18. The summed E-state index contributed by atoms with van der Waals surface area (Å²) in [5, 5.41) is 0. The van der Waals surface area contributed by atoms with Crippen molar-refractivity contribution in [2.75, 3.05) is 18.6 Å². The Balaban J connectivity index is 2.13. The van der Waals surface area contributed by atoms with Gasteiger partial charge in [0.15, 0.2) is 11.5 Å². The lowest BCUT2D eigenvalue weighted by atomic mass is 9.96. The smallest absolute Gasteiger partial charge is 0.161 e. The van der Waals surface area contributed by atoms with E-state index in [0.29, 0.717) is 6.10 Å². The summed E-state index contributed by atoms with van der Waals surface area (Å²) in [6.07, 6.45) is 3.48. The van der Waals surface area contributed by atoms with E-state index in [1.165, 1.54) is 17.7 Å². The van der Waals surface area contributed by atoms with Gasteiger partial charge in [0, 0.05) is 11.3 Å². The Morgan fingerprint density at radius 3 is 2.75 bits per heavy atom. The molecular weight excluding hydrogens is 270 g/mol. The van der Waals surface area contributed by atoms with Crippen molar-refractivity contribution in [3.63, 3.8) is 0 Å². The van der Waals surface area contributed by atoms with Gasteiger partial charge in [-0.05, 0) is 56.6 Å². The van der Waals surface area contributed by atoms with E-state index < -0.39 is 0 Å². The van der Waals surface area contributed by atoms with Crippen LogP contribution in [0.15, 0.2) is 18.2 Å². The van der Waals surface area contributed by atoms with Crippen LogP contribution in [0, 0.1) is 0 Å². The van der Waals surface area contributed by atoms with Crippen molar-refractivity contribution in [1.82, 2.24) is 0 Å². The van der Waals surface area contributed by atoms with Crippen molar-refractivity contribution >= 4 is 11.8 Å². The fourth-order valence-corrected chi connectivity index (χ4v) is 3.47. The Hall–Kier alpha value is -0.870. The van der Waals surface area contributed by atoms with Crippen LogP contribution in [0.2, 0.25) is 0 Å². The Morgan fingerprint density at radius 2 is 2.15 bits per heavy atom. The molecule has 1 fully saturated rings. The predicted octanol–water partition coefficient (Wildman–Crippen LogP) is 3.25. The minimum atomic E-state index is -0.216. The predicted molar refractivity (Wildman–Crippen MR) is 85.9 cm³/mol. The highest BCUT2D eigenvalue weighted by atomic mass is 32.2. The maximum Gasteiger partial charge on any atom is 0.161 e. The Kier molecular flexibility index (Phi) is 5.22. The number of ether oxygens (including phenoxy) is 2. The number of methoxy groups -OCH3 is 1. The summed E-state index contributed by atoms with van der Waals surface area (Å²) in [4.78, 5) is 0. The highest BCUT2D eigenvalue weighted by molar-refractivity contribution is 7.99. The number of thioether (sulfide) groups is 1. The van der Waals surface area contributed by atoms with Crippen molar-refractivity contribution in [1.29, 1.82) is 0 Å². The van der Waals surface area contributed by atoms with E-state index in [4.69, 9.17) is 15.2 Å². The topological polar surface area (TPSA) is 44.5 Å². The summed E-state index contributed by atoms with van der Waals surface area (Å²) in [6, 6.07) is 6.12. The van der Waals surface area contributed by atoms with Crippen molar-refractivity contribution in [3.8, 4) is 11.5 Å². The van der Waals surface area contributed by atoms with E-state index in [1.54, 1.807) is 7.11 Å². The van der Waals surface area contributed by atoms with Crippen molar-refractivity contribution < 1.29 is 9.47 Å². The van der Waals surface area contributed by atoms with Gasteiger partial charge in [-0.2, -0.15) is 11.8 Å². The van der Waals surface area contributed by atoms with Gasteiger partial charge in [-0.15, -0.1) is 0 Å². The number of hydrogen-bond donors (Lipinski definition) is 1. The monoisotopic (exact) mass is 295 g/mol. The maximum absolute atomic E-state index is 6.15. The second kappa shape index (κ2) is 6.72. The van der Waals surface area contributed by atoms with Crippen LogP contribution >= 0.6 is 11.8 Å². The van der Waals surface area contributed by atoms with Crippen LogP contribution in [0.3, 0.4) is 0 Å². The van der Waals surface area contributed by atoms with Crippen LogP contribution in [-0.2, 0) is 6.42 Å². The summed E-state index contributed by atoms with van der Waals surface area (Å²) >= 11 is 1.96. The Labute approximate surface area is 126 Å². The third-order valence-corrected chi connectivity index (χ3v) is 4.48. The molecule has 1 unspecified atom stereocenters. The second-order valence-corrected chi connectivity index (χ2v) is 7.26. The molecular formula is C16H25NO2S. The zero-order chi connectivity index (χ0) is 14.6. The van der Waals surface area contributed by atoms with Gasteiger partial charge < -0.3 is 15.2 Å². The normalized spacial score (nSPS) is 19.7. The van der Waals surface area contributed by atoms with Gasteiger partial charge in [-0.3, -0.25) is 0 Å². The van der Waals surface area contributed by atoms with E-state index in [0.717, 1.165) is 30.1 Å². The third-order valence-electron chi connectivity index (χ3n) is 3.30. The molecule has 2 N–H and O–H groups in total. The van der Waals surface area contributed by atoms with E-state index in [-0.39, 0.29) is 5.54 Å². The summed E-state index contributed by atoms with van der Waals surface area (Å²) in [5.41, 5.74) is 7.07. The standard InChI is InChI=1S/C16H25NO2S/c1-16(2,17)10-12-6-7-14(18-3)15(9-12)19-13-5-4-8-20-11-13/h6-7,9,13H,4-5,8,10-11,17H2,1-3H3. The first kappa shape index (κ1) is 15.5. The molecule has 0 amide bonds. The summed E-state index contributed by atoms with van der Waals surface area (Å²) in [5.74, 6) is 3.97. The first-order valence-corrected chi connectivity index (χ1v) is 8.33. The molecule has 0 bridgehead atoms. The van der Waals surface area contributed by atoms with Gasteiger partial charge in [0.1, 0.15) is 6.10 Å². The zero-order valence-corrected chi connectivity index (χ0v) is 13.5. The van der Waals surface area contributed by atoms with Gasteiger partial charge in [-0.1, -0.05) is 6.07 Å². The maximum atomic E-state index is 6.15. The summed E-state index contributed by atoms with van der Waals surface area (Å²) in [6.45, 7) is 4.07. The van der Waals surface area contributed by atoms with Crippen LogP contribution in [0.1, 0.15) is 32.3 Å². The van der Waals surface area contributed by atoms with Crippen LogP contribution in [0.25, 0.3) is 0 Å². The van der Waals surface area contributed by atoms with Gasteiger partial charge in [0.05, 0.1) is 7.11 Å². The van der Waals surface area contributed by atoms with Crippen LogP contribution < -0.4 is 15.2 Å². The molecule has 20 heavy (non-hydrogen) atoms. The minimum Gasteiger partial charge on any atom is -0.493 e. The molecule has 0 aromatic heterocycles. The van der Waals surface area contributed by atoms with E-state index in [9.17, 15) is 0 Å². The fourth-order valence-electron chi connectivity index (χ4n) is 2.43. The van der Waals surface area contributed by atoms with Crippen molar-refractivity contribution in [2.45, 2.75) is 44.8 Å². The molecule has 2 rings (SSSR count). The third kappa shape index (κ3) is 4.60. The van der Waals surface area contributed by atoms with Crippen LogP contribution in [0.5, 0.6) is 11.5 Å². The molecule has 0 saturated carbocycles. The average Bonchev–Trinajstić information content (AvgIpc) is 2.38. The number of hydrogen-bond acceptors (Lipinski definition) is 4. The van der Waals surface area contributed by atoms with E-state index in [1.807, 2.05) is 31.7 Å². The SMILES string of the molecule is COc1ccc(CC(C)(C)N)cc1OC1CCCSC1. The minimum absolute atomic E-state index is 0.216. The fraction of sp³-hybridized carbons (Fsp3) is 0.625. The highest BCUT2D eigenvalue weighted by Gasteiger charge is 2.19. The van der Waals surface area contributed by atoms with Gasteiger partial charge >= 0.3 is 0 Å². The molecule has 1 atom stereocenters. The molecule has 1 aromatic carbocycles. The number of rotatable bonds is 5. The molecule has 1 aliphatic heterocycles. The average molecular weight is 295 g/mol. The Bertz CT molecular complexity index is 437. The molecule has 1 aromatic rings.